The summed E-state index contributed by atoms with van der Waals surface area (Å²) in [5.74, 6) is 0.813. The molecular formula is C14H23ClN4O2. The number of hydrogen-bond acceptors (Lipinski definition) is 4. The van der Waals surface area contributed by atoms with E-state index in [4.69, 9.17) is 0 Å². The topological polar surface area (TPSA) is 90.0 Å². The molecule has 1 aliphatic carbocycles. The maximum absolute atomic E-state index is 12.2. The van der Waals surface area contributed by atoms with E-state index in [9.17, 15) is 9.90 Å². The van der Waals surface area contributed by atoms with Crippen LogP contribution in [0.5, 0.6) is 0 Å². The quantitative estimate of drug-likeness (QED) is 0.658. The van der Waals surface area contributed by atoms with E-state index in [1.807, 2.05) is 0 Å². The van der Waals surface area contributed by atoms with E-state index >= 15 is 0 Å². The molecule has 6 nitrogen and oxygen atoms in total. The number of amides is 1. The number of piperidine rings is 1. The number of aromatic nitrogens is 2. The Labute approximate surface area is 130 Å². The molecule has 2 aliphatic rings. The van der Waals surface area contributed by atoms with Crippen LogP contribution in [0.3, 0.4) is 0 Å². The summed E-state index contributed by atoms with van der Waals surface area (Å²) >= 11 is 0. The van der Waals surface area contributed by atoms with Gasteiger partial charge in [0.2, 0.25) is 0 Å². The van der Waals surface area contributed by atoms with E-state index in [1.54, 1.807) is 12.3 Å². The van der Waals surface area contributed by atoms with Gasteiger partial charge in [0, 0.05) is 12.2 Å². The predicted octanol–water partition coefficient (Wildman–Crippen LogP) is 0.700. The number of aliphatic hydroxyl groups is 1. The van der Waals surface area contributed by atoms with Gasteiger partial charge in [0.15, 0.2) is 0 Å². The maximum atomic E-state index is 12.2. The Morgan fingerprint density at radius 2 is 2.05 bits per heavy atom. The van der Waals surface area contributed by atoms with Crippen molar-refractivity contribution < 1.29 is 9.90 Å². The first-order valence-electron chi connectivity index (χ1n) is 7.43. The van der Waals surface area contributed by atoms with Gasteiger partial charge in [-0.15, -0.1) is 12.4 Å². The zero-order chi connectivity index (χ0) is 13.9. The molecule has 1 aromatic rings. The molecule has 1 saturated carbocycles. The van der Waals surface area contributed by atoms with Gasteiger partial charge < -0.3 is 15.7 Å². The smallest absolute Gasteiger partial charge is 0.269 e. The summed E-state index contributed by atoms with van der Waals surface area (Å²) in [7, 11) is 0. The normalized spacial score (nSPS) is 27.3. The molecule has 1 aliphatic heterocycles. The highest BCUT2D eigenvalue weighted by Gasteiger charge is 2.39. The monoisotopic (exact) mass is 314 g/mol. The lowest BCUT2D eigenvalue weighted by Gasteiger charge is -2.43. The molecule has 1 unspecified atom stereocenters. The largest absolute Gasteiger partial charge is 0.393 e. The molecule has 4 N–H and O–H groups in total. The molecule has 2 heterocycles. The maximum Gasteiger partial charge on any atom is 0.269 e. The highest BCUT2D eigenvalue weighted by atomic mass is 35.5. The van der Waals surface area contributed by atoms with E-state index in [2.05, 4.69) is 20.8 Å². The van der Waals surface area contributed by atoms with Crippen LogP contribution < -0.4 is 10.6 Å². The minimum atomic E-state index is -0.187. The van der Waals surface area contributed by atoms with Crippen LogP contribution in [0, 0.1) is 11.8 Å². The summed E-state index contributed by atoms with van der Waals surface area (Å²) in [5.41, 5.74) is 0.504. The van der Waals surface area contributed by atoms with E-state index in [0.29, 0.717) is 17.5 Å². The number of carbonyl (C=O) groups is 1. The Bertz CT molecular complexity index is 442. The standard InChI is InChI=1S/C14H22N4O2.ClH/c19-11-7-10(8-11)13(9-1-4-15-5-2-9)17-14(20)12-3-6-16-18-12;/h3,6,9-11,13,15,19H,1-2,4-5,7-8H2,(H,16,18)(H,17,20);1H. The fraction of sp³-hybridized carbons (Fsp3) is 0.714. The Balaban J connectivity index is 0.00000161. The van der Waals surface area contributed by atoms with Gasteiger partial charge in [0.1, 0.15) is 5.69 Å². The lowest BCUT2D eigenvalue weighted by atomic mass is 9.71. The first-order chi connectivity index (χ1) is 9.74. The average Bonchev–Trinajstić information content (AvgIpc) is 2.97. The second-order valence-electron chi connectivity index (χ2n) is 5.94. The minimum Gasteiger partial charge on any atom is -0.393 e. The van der Waals surface area contributed by atoms with Gasteiger partial charge in [0.05, 0.1) is 6.10 Å². The SMILES string of the molecule is Cl.O=C(NC(C1CCNCC1)C1CC(O)C1)c1ccn[nH]1. The van der Waals surface area contributed by atoms with Crippen molar-refractivity contribution in [3.63, 3.8) is 0 Å². The Morgan fingerprint density at radius 1 is 1.33 bits per heavy atom. The fourth-order valence-corrected chi connectivity index (χ4v) is 3.36. The number of rotatable bonds is 4. The van der Waals surface area contributed by atoms with Crippen molar-refractivity contribution in [2.24, 2.45) is 11.8 Å². The van der Waals surface area contributed by atoms with Crippen LogP contribution >= 0.6 is 12.4 Å². The van der Waals surface area contributed by atoms with Crippen LogP contribution in [0.4, 0.5) is 0 Å². The van der Waals surface area contributed by atoms with E-state index in [0.717, 1.165) is 38.8 Å². The Kier molecular flexibility index (Phi) is 5.61. The zero-order valence-corrected chi connectivity index (χ0v) is 12.7. The molecule has 7 heteroatoms. The highest BCUT2D eigenvalue weighted by Crippen LogP contribution is 2.35. The Morgan fingerprint density at radius 3 is 2.62 bits per heavy atom. The van der Waals surface area contributed by atoms with Crippen LogP contribution in [0.25, 0.3) is 0 Å². The van der Waals surface area contributed by atoms with Crippen molar-refractivity contribution in [2.75, 3.05) is 13.1 Å². The lowest BCUT2D eigenvalue weighted by molar-refractivity contribution is 0.00913. The number of nitrogens with zero attached hydrogens (tertiary/aromatic N) is 1. The first kappa shape index (κ1) is 16.3. The zero-order valence-electron chi connectivity index (χ0n) is 11.9. The van der Waals surface area contributed by atoms with Gasteiger partial charge >= 0.3 is 0 Å². The van der Waals surface area contributed by atoms with Gasteiger partial charge in [-0.1, -0.05) is 0 Å². The molecule has 0 aromatic carbocycles. The number of H-pyrrole nitrogens is 1. The summed E-state index contributed by atoms with van der Waals surface area (Å²) in [6.07, 6.45) is 5.17. The number of carbonyl (C=O) groups excluding carboxylic acids is 1. The minimum absolute atomic E-state index is 0. The number of aliphatic hydroxyl groups excluding tert-OH is 1. The molecule has 2 fully saturated rings. The van der Waals surface area contributed by atoms with Gasteiger partial charge in [-0.2, -0.15) is 5.10 Å². The van der Waals surface area contributed by atoms with Crippen molar-refractivity contribution in [3.05, 3.63) is 18.0 Å². The van der Waals surface area contributed by atoms with Crippen molar-refractivity contribution in [1.82, 2.24) is 20.8 Å². The van der Waals surface area contributed by atoms with E-state index < -0.39 is 0 Å². The van der Waals surface area contributed by atoms with Crippen LogP contribution in [0.15, 0.2) is 12.3 Å². The summed E-state index contributed by atoms with van der Waals surface area (Å²) in [6.45, 7) is 2.02. The molecule has 1 saturated heterocycles. The van der Waals surface area contributed by atoms with Crippen LogP contribution in [-0.4, -0.2) is 46.4 Å². The van der Waals surface area contributed by atoms with Gasteiger partial charge in [-0.3, -0.25) is 9.89 Å². The van der Waals surface area contributed by atoms with Crippen molar-refractivity contribution in [2.45, 2.75) is 37.8 Å². The van der Waals surface area contributed by atoms with Crippen molar-refractivity contribution in [1.29, 1.82) is 0 Å². The van der Waals surface area contributed by atoms with Crippen LogP contribution in [0.2, 0.25) is 0 Å². The van der Waals surface area contributed by atoms with Gasteiger partial charge in [-0.25, -0.2) is 0 Å². The summed E-state index contributed by atoms with van der Waals surface area (Å²) < 4.78 is 0. The second-order valence-corrected chi connectivity index (χ2v) is 5.94. The summed E-state index contributed by atoms with van der Waals surface area (Å²) in [5, 5.41) is 22.6. The fourth-order valence-electron chi connectivity index (χ4n) is 3.36. The third kappa shape index (κ3) is 3.75. The summed E-state index contributed by atoms with van der Waals surface area (Å²) in [4.78, 5) is 12.2. The molecule has 0 bridgehead atoms. The molecule has 118 valence electrons. The average molecular weight is 315 g/mol. The number of hydrogen-bond donors (Lipinski definition) is 4. The number of nitrogens with one attached hydrogen (secondary N) is 3. The molecule has 0 spiro atoms. The molecule has 1 amide bonds. The Hall–Kier alpha value is -1.11. The third-order valence-electron chi connectivity index (χ3n) is 4.59. The third-order valence-corrected chi connectivity index (χ3v) is 4.59. The second kappa shape index (κ2) is 7.24. The van der Waals surface area contributed by atoms with Crippen LogP contribution in [0.1, 0.15) is 36.2 Å². The molecule has 1 atom stereocenters. The van der Waals surface area contributed by atoms with E-state index in [1.165, 1.54) is 0 Å². The van der Waals surface area contributed by atoms with Gasteiger partial charge in [-0.05, 0) is 56.7 Å². The van der Waals surface area contributed by atoms with Crippen LogP contribution in [-0.2, 0) is 0 Å². The molecule has 0 radical (unpaired) electrons. The number of aromatic amines is 1. The van der Waals surface area contributed by atoms with Gasteiger partial charge in [0.25, 0.3) is 5.91 Å². The molecular weight excluding hydrogens is 292 g/mol. The lowest BCUT2D eigenvalue weighted by Crippen LogP contribution is -2.52. The number of halogens is 1. The first-order valence-corrected chi connectivity index (χ1v) is 7.43. The van der Waals surface area contributed by atoms with E-state index in [-0.39, 0.29) is 30.5 Å². The van der Waals surface area contributed by atoms with Crippen molar-refractivity contribution >= 4 is 18.3 Å². The predicted molar refractivity (Wildman–Crippen MR) is 81.4 cm³/mol. The van der Waals surface area contributed by atoms with Crippen molar-refractivity contribution in [3.8, 4) is 0 Å². The highest BCUT2D eigenvalue weighted by molar-refractivity contribution is 5.92. The molecule has 21 heavy (non-hydrogen) atoms. The molecule has 1 aromatic heterocycles. The molecule has 3 rings (SSSR count). The summed E-state index contributed by atoms with van der Waals surface area (Å²) in [6, 6.07) is 1.85.